The summed E-state index contributed by atoms with van der Waals surface area (Å²) in [5.74, 6) is 0. The molecule has 0 heteroatoms. The summed E-state index contributed by atoms with van der Waals surface area (Å²) in [4.78, 5) is 0. The van der Waals surface area contributed by atoms with Crippen LogP contribution in [0.3, 0.4) is 0 Å². The minimum Gasteiger partial charge on any atom is -0.0616 e. The van der Waals surface area contributed by atoms with Gasteiger partial charge in [0.2, 0.25) is 0 Å². The standard InChI is InChI=1S/C46H28/c1-2-8-30-25-33(16-15-29(30)7-1)31-9-5-10-32(26-31)34-19-21-38-35(27-34)17-18-36-28-37(20-22-39(36)38)40-23-24-45-42-12-4-3-11-41(42)44-14-6-13-43(40)46(44)45/h1-28H. The van der Waals surface area contributed by atoms with Crippen molar-refractivity contribution in [3.8, 4) is 55.6 Å². The summed E-state index contributed by atoms with van der Waals surface area (Å²) in [6.07, 6.45) is 0. The molecule has 1 aliphatic carbocycles. The van der Waals surface area contributed by atoms with E-state index in [0.717, 1.165) is 0 Å². The number of benzene rings is 9. The van der Waals surface area contributed by atoms with Crippen LogP contribution in [0.5, 0.6) is 0 Å². The highest BCUT2D eigenvalue weighted by atomic mass is 14.2. The van der Waals surface area contributed by atoms with Gasteiger partial charge < -0.3 is 0 Å². The third-order valence-corrected chi connectivity index (χ3v) is 9.97. The minimum atomic E-state index is 1.23. The second-order valence-electron chi connectivity index (χ2n) is 12.5. The number of hydrogen-bond acceptors (Lipinski definition) is 0. The third-order valence-electron chi connectivity index (χ3n) is 9.97. The summed E-state index contributed by atoms with van der Waals surface area (Å²) >= 11 is 0. The van der Waals surface area contributed by atoms with E-state index in [1.807, 2.05) is 0 Å². The van der Waals surface area contributed by atoms with Crippen molar-refractivity contribution in [1.82, 2.24) is 0 Å². The van der Waals surface area contributed by atoms with E-state index in [9.17, 15) is 0 Å². The molecule has 0 atom stereocenters. The Morgan fingerprint density at radius 3 is 1.48 bits per heavy atom. The smallest absolute Gasteiger partial charge is 0.00201 e. The Kier molecular flexibility index (Phi) is 5.38. The SMILES string of the molecule is c1cc(-c2ccc3ccccc3c2)cc(-c2ccc3c(ccc4cc(-c5ccc6c7c(cccc57)-c5ccccc5-6)ccc43)c2)c1. The molecule has 10 rings (SSSR count). The second-order valence-corrected chi connectivity index (χ2v) is 12.5. The zero-order chi connectivity index (χ0) is 30.2. The number of hydrogen-bond donors (Lipinski definition) is 0. The van der Waals surface area contributed by atoms with Gasteiger partial charge in [0.05, 0.1) is 0 Å². The Balaban J connectivity index is 1.04. The van der Waals surface area contributed by atoms with Gasteiger partial charge in [-0.2, -0.15) is 0 Å². The van der Waals surface area contributed by atoms with Gasteiger partial charge in [-0.15, -0.1) is 0 Å². The monoisotopic (exact) mass is 580 g/mol. The molecule has 0 heterocycles. The van der Waals surface area contributed by atoms with E-state index in [1.165, 1.54) is 98.7 Å². The van der Waals surface area contributed by atoms with Crippen LogP contribution in [0.25, 0.3) is 98.7 Å². The summed E-state index contributed by atoms with van der Waals surface area (Å²) in [6.45, 7) is 0. The van der Waals surface area contributed by atoms with Crippen molar-refractivity contribution in [2.75, 3.05) is 0 Å². The number of rotatable bonds is 3. The molecule has 0 amide bonds. The molecule has 0 fully saturated rings. The fourth-order valence-electron chi connectivity index (χ4n) is 7.73. The molecule has 9 aromatic carbocycles. The zero-order valence-corrected chi connectivity index (χ0v) is 25.2. The molecule has 0 radical (unpaired) electrons. The van der Waals surface area contributed by atoms with Crippen LogP contribution in [0.1, 0.15) is 0 Å². The van der Waals surface area contributed by atoms with Crippen molar-refractivity contribution in [1.29, 1.82) is 0 Å². The van der Waals surface area contributed by atoms with Gasteiger partial charge in [-0.05, 0) is 123 Å². The van der Waals surface area contributed by atoms with E-state index in [1.54, 1.807) is 0 Å². The second kappa shape index (κ2) is 9.76. The highest BCUT2D eigenvalue weighted by Crippen LogP contribution is 2.49. The molecule has 0 aliphatic heterocycles. The molecular weight excluding hydrogens is 553 g/mol. The van der Waals surface area contributed by atoms with Crippen molar-refractivity contribution in [2.45, 2.75) is 0 Å². The molecule has 0 unspecified atom stereocenters. The molecule has 0 N–H and O–H groups in total. The summed E-state index contributed by atoms with van der Waals surface area (Å²) in [6, 6.07) is 62.8. The first-order valence-corrected chi connectivity index (χ1v) is 16.0. The third kappa shape index (κ3) is 3.81. The lowest BCUT2D eigenvalue weighted by Crippen LogP contribution is -1.86. The summed E-state index contributed by atoms with van der Waals surface area (Å²) in [7, 11) is 0. The lowest BCUT2D eigenvalue weighted by Gasteiger charge is -2.12. The average molecular weight is 581 g/mol. The minimum absolute atomic E-state index is 1.23. The molecule has 0 bridgehead atoms. The van der Waals surface area contributed by atoms with Crippen LogP contribution in [0.4, 0.5) is 0 Å². The highest BCUT2D eigenvalue weighted by molar-refractivity contribution is 6.19. The summed E-state index contributed by atoms with van der Waals surface area (Å²) in [5.41, 5.74) is 12.9. The first-order chi connectivity index (χ1) is 22.8. The van der Waals surface area contributed by atoms with Gasteiger partial charge >= 0.3 is 0 Å². The summed E-state index contributed by atoms with van der Waals surface area (Å²) in [5, 5.41) is 10.3. The maximum absolute atomic E-state index is 2.36. The van der Waals surface area contributed by atoms with Gasteiger partial charge in [0, 0.05) is 0 Å². The van der Waals surface area contributed by atoms with Gasteiger partial charge in [-0.25, -0.2) is 0 Å². The molecule has 46 heavy (non-hydrogen) atoms. The molecule has 9 aromatic rings. The Morgan fingerprint density at radius 1 is 0.217 bits per heavy atom. The first kappa shape index (κ1) is 25.4. The first-order valence-electron chi connectivity index (χ1n) is 16.0. The van der Waals surface area contributed by atoms with Crippen LogP contribution in [-0.4, -0.2) is 0 Å². The Morgan fingerprint density at radius 2 is 0.717 bits per heavy atom. The van der Waals surface area contributed by atoms with Crippen molar-refractivity contribution < 1.29 is 0 Å². The Labute approximate surface area is 267 Å². The van der Waals surface area contributed by atoms with Crippen molar-refractivity contribution >= 4 is 43.1 Å². The number of fused-ring (bicyclic) bond motifs is 7. The fourth-order valence-corrected chi connectivity index (χ4v) is 7.73. The van der Waals surface area contributed by atoms with E-state index in [4.69, 9.17) is 0 Å². The molecule has 0 nitrogen and oxygen atoms in total. The largest absolute Gasteiger partial charge is 0.0616 e. The quantitative estimate of drug-likeness (QED) is 0.182. The van der Waals surface area contributed by atoms with Crippen LogP contribution >= 0.6 is 0 Å². The van der Waals surface area contributed by atoms with Crippen molar-refractivity contribution in [3.05, 3.63) is 170 Å². The molecule has 1 aliphatic rings. The van der Waals surface area contributed by atoms with E-state index < -0.39 is 0 Å². The Bertz CT molecular complexity index is 2660. The van der Waals surface area contributed by atoms with Crippen molar-refractivity contribution in [3.63, 3.8) is 0 Å². The maximum atomic E-state index is 2.36. The molecule has 212 valence electrons. The lowest BCUT2D eigenvalue weighted by atomic mass is 9.91. The van der Waals surface area contributed by atoms with Gasteiger partial charge in [0.25, 0.3) is 0 Å². The van der Waals surface area contributed by atoms with Crippen LogP contribution < -0.4 is 0 Å². The predicted molar refractivity (Wildman–Crippen MR) is 197 cm³/mol. The molecule has 0 saturated carbocycles. The summed E-state index contributed by atoms with van der Waals surface area (Å²) < 4.78 is 0. The maximum Gasteiger partial charge on any atom is -0.00201 e. The van der Waals surface area contributed by atoms with E-state index >= 15 is 0 Å². The van der Waals surface area contributed by atoms with E-state index in [2.05, 4.69) is 170 Å². The molecular formula is C46H28. The van der Waals surface area contributed by atoms with E-state index in [0.29, 0.717) is 0 Å². The van der Waals surface area contributed by atoms with Gasteiger partial charge in [0.15, 0.2) is 0 Å². The van der Waals surface area contributed by atoms with Crippen molar-refractivity contribution in [2.24, 2.45) is 0 Å². The van der Waals surface area contributed by atoms with E-state index in [-0.39, 0.29) is 0 Å². The van der Waals surface area contributed by atoms with Gasteiger partial charge in [0.1, 0.15) is 0 Å². The van der Waals surface area contributed by atoms with Crippen LogP contribution in [-0.2, 0) is 0 Å². The topological polar surface area (TPSA) is 0 Å². The molecule has 0 saturated heterocycles. The van der Waals surface area contributed by atoms with Crippen LogP contribution in [0, 0.1) is 0 Å². The van der Waals surface area contributed by atoms with Crippen LogP contribution in [0.2, 0.25) is 0 Å². The molecule has 0 spiro atoms. The van der Waals surface area contributed by atoms with Gasteiger partial charge in [-0.1, -0.05) is 146 Å². The average Bonchev–Trinajstić information content (AvgIpc) is 3.46. The predicted octanol–water partition coefficient (Wildman–Crippen LogP) is 12.9. The fraction of sp³-hybridized carbons (Fsp3) is 0. The molecule has 0 aromatic heterocycles. The highest BCUT2D eigenvalue weighted by Gasteiger charge is 2.22. The normalized spacial score (nSPS) is 11.9. The van der Waals surface area contributed by atoms with Crippen LogP contribution in [0.15, 0.2) is 170 Å². The lowest BCUT2D eigenvalue weighted by molar-refractivity contribution is 1.61. The Hall–Kier alpha value is -5.98. The van der Waals surface area contributed by atoms with Gasteiger partial charge in [-0.3, -0.25) is 0 Å². The zero-order valence-electron chi connectivity index (χ0n) is 25.2.